The van der Waals surface area contributed by atoms with Crippen molar-refractivity contribution in [2.75, 3.05) is 6.61 Å². The summed E-state index contributed by atoms with van der Waals surface area (Å²) in [5.74, 6) is -0.261. The van der Waals surface area contributed by atoms with Crippen LogP contribution in [0.4, 0.5) is 13.2 Å². The number of nitrogens with zero attached hydrogens (tertiary/aromatic N) is 1. The highest BCUT2D eigenvalue weighted by atomic mass is 32.1. The summed E-state index contributed by atoms with van der Waals surface area (Å²) in [6.45, 7) is 5.59. The highest BCUT2D eigenvalue weighted by Gasteiger charge is 2.30. The quantitative estimate of drug-likeness (QED) is 0.819. The van der Waals surface area contributed by atoms with E-state index in [0.29, 0.717) is 16.3 Å². The number of halogens is 3. The number of hydrogen-bond donors (Lipinski definition) is 2. The molecule has 0 spiro atoms. The fourth-order valence-corrected chi connectivity index (χ4v) is 3.09. The van der Waals surface area contributed by atoms with E-state index in [0.717, 1.165) is 12.1 Å². The first kappa shape index (κ1) is 20.4. The molecule has 1 atom stereocenters. The minimum Gasteiger partial charge on any atom is -0.394 e. The predicted octanol–water partition coefficient (Wildman–Crippen LogP) is 3.89. The molecule has 0 aliphatic heterocycles. The summed E-state index contributed by atoms with van der Waals surface area (Å²) in [5.41, 5.74) is 0.109. The second-order valence-corrected chi connectivity index (χ2v) is 7.92. The van der Waals surface area contributed by atoms with Crippen LogP contribution in [0.2, 0.25) is 0 Å². The average Bonchev–Trinajstić information content (AvgIpc) is 2.99. The number of benzene rings is 1. The van der Waals surface area contributed by atoms with E-state index < -0.39 is 11.7 Å². The molecule has 0 saturated heterocycles. The molecule has 1 aromatic heterocycles. The van der Waals surface area contributed by atoms with Crippen LogP contribution < -0.4 is 5.32 Å². The van der Waals surface area contributed by atoms with Crippen molar-refractivity contribution >= 4 is 17.2 Å². The molecule has 4 nitrogen and oxygen atoms in total. The first-order chi connectivity index (χ1) is 12.0. The van der Waals surface area contributed by atoms with Crippen molar-refractivity contribution in [2.24, 2.45) is 5.41 Å². The lowest BCUT2D eigenvalue weighted by Gasteiger charge is -2.29. The molecule has 1 unspecified atom stereocenters. The monoisotopic (exact) mass is 386 g/mol. The topological polar surface area (TPSA) is 62.2 Å². The molecule has 0 aliphatic carbocycles. The number of amides is 1. The van der Waals surface area contributed by atoms with E-state index in [2.05, 4.69) is 10.3 Å². The number of carbonyl (C=O) groups excluding carboxylic acids is 1. The van der Waals surface area contributed by atoms with Crippen molar-refractivity contribution in [1.82, 2.24) is 10.3 Å². The van der Waals surface area contributed by atoms with Gasteiger partial charge in [-0.05, 0) is 17.5 Å². The molecular formula is C18H21F3N2O2S. The number of hydrogen-bond acceptors (Lipinski definition) is 4. The maximum Gasteiger partial charge on any atom is 0.416 e. The van der Waals surface area contributed by atoms with E-state index in [4.69, 9.17) is 0 Å². The predicted molar refractivity (Wildman–Crippen MR) is 94.7 cm³/mol. The lowest BCUT2D eigenvalue weighted by Crippen LogP contribution is -2.46. The molecule has 2 N–H and O–H groups in total. The minimum absolute atomic E-state index is 0.0454. The first-order valence-corrected chi connectivity index (χ1v) is 8.91. The second kappa shape index (κ2) is 7.75. The summed E-state index contributed by atoms with van der Waals surface area (Å²) >= 11 is 1.27. The van der Waals surface area contributed by atoms with Crippen molar-refractivity contribution < 1.29 is 23.1 Å². The molecule has 1 aromatic carbocycles. The van der Waals surface area contributed by atoms with Crippen LogP contribution in [-0.4, -0.2) is 28.6 Å². The van der Waals surface area contributed by atoms with Gasteiger partial charge in [-0.3, -0.25) is 4.79 Å². The van der Waals surface area contributed by atoms with Crippen molar-refractivity contribution in [3.05, 3.63) is 40.9 Å². The fourth-order valence-electron chi connectivity index (χ4n) is 2.27. The third-order valence-electron chi connectivity index (χ3n) is 3.92. The van der Waals surface area contributed by atoms with E-state index in [1.54, 1.807) is 5.38 Å². The largest absolute Gasteiger partial charge is 0.416 e. The van der Waals surface area contributed by atoms with Gasteiger partial charge in [-0.15, -0.1) is 11.3 Å². The molecule has 1 amide bonds. The molecule has 0 aliphatic rings. The molecule has 1 heterocycles. The molecular weight excluding hydrogens is 365 g/mol. The average molecular weight is 386 g/mol. The molecule has 0 fully saturated rings. The Labute approximate surface area is 154 Å². The Morgan fingerprint density at radius 2 is 1.85 bits per heavy atom. The minimum atomic E-state index is -4.37. The Bertz CT molecular complexity index is 749. The van der Waals surface area contributed by atoms with Gasteiger partial charge in [0.05, 0.1) is 30.3 Å². The van der Waals surface area contributed by atoms with Gasteiger partial charge in [-0.2, -0.15) is 13.2 Å². The van der Waals surface area contributed by atoms with Gasteiger partial charge in [0.2, 0.25) is 5.91 Å². The molecule has 2 rings (SSSR count). The lowest BCUT2D eigenvalue weighted by molar-refractivity contribution is -0.137. The number of aromatic nitrogens is 1. The normalized spacial score (nSPS) is 13.5. The smallest absolute Gasteiger partial charge is 0.394 e. The highest BCUT2D eigenvalue weighted by molar-refractivity contribution is 7.13. The number of rotatable bonds is 5. The van der Waals surface area contributed by atoms with Crippen molar-refractivity contribution in [1.29, 1.82) is 0 Å². The van der Waals surface area contributed by atoms with Crippen LogP contribution >= 0.6 is 11.3 Å². The van der Waals surface area contributed by atoms with Gasteiger partial charge in [-0.1, -0.05) is 32.9 Å². The Balaban J connectivity index is 2.04. The van der Waals surface area contributed by atoms with Gasteiger partial charge in [0.25, 0.3) is 0 Å². The van der Waals surface area contributed by atoms with Crippen molar-refractivity contribution in [3.8, 4) is 10.6 Å². The van der Waals surface area contributed by atoms with E-state index in [9.17, 15) is 23.1 Å². The molecule has 0 bridgehead atoms. The third kappa shape index (κ3) is 5.28. The standard InChI is InChI=1S/C18H21F3N2O2S/c1-17(2,3)14(9-24)23-15(25)8-13-10-26-16(22-13)11-4-6-12(7-5-11)18(19,20)21/h4-7,10,14,24H,8-9H2,1-3H3,(H,23,25). The highest BCUT2D eigenvalue weighted by Crippen LogP contribution is 2.31. The molecule has 26 heavy (non-hydrogen) atoms. The van der Waals surface area contributed by atoms with E-state index in [-0.39, 0.29) is 30.4 Å². The number of nitrogens with one attached hydrogen (secondary N) is 1. The summed E-state index contributed by atoms with van der Waals surface area (Å²) in [4.78, 5) is 16.5. The summed E-state index contributed by atoms with van der Waals surface area (Å²) < 4.78 is 37.8. The van der Waals surface area contributed by atoms with Crippen LogP contribution in [0.1, 0.15) is 32.0 Å². The van der Waals surface area contributed by atoms with Gasteiger partial charge in [-0.25, -0.2) is 4.98 Å². The SMILES string of the molecule is CC(C)(C)C(CO)NC(=O)Cc1csc(-c2ccc(C(F)(F)F)cc2)n1. The van der Waals surface area contributed by atoms with E-state index in [1.807, 2.05) is 20.8 Å². The third-order valence-corrected chi connectivity index (χ3v) is 4.86. The molecule has 0 radical (unpaired) electrons. The summed E-state index contributed by atoms with van der Waals surface area (Å²) in [6, 6.07) is 4.39. The van der Waals surface area contributed by atoms with Gasteiger partial charge >= 0.3 is 6.18 Å². The first-order valence-electron chi connectivity index (χ1n) is 8.03. The number of aliphatic hydroxyl groups excluding tert-OH is 1. The number of alkyl halides is 3. The van der Waals surface area contributed by atoms with Crippen LogP contribution in [-0.2, 0) is 17.4 Å². The van der Waals surface area contributed by atoms with Gasteiger partial charge < -0.3 is 10.4 Å². The zero-order valence-corrected chi connectivity index (χ0v) is 15.5. The zero-order chi connectivity index (χ0) is 19.5. The Morgan fingerprint density at radius 3 is 2.35 bits per heavy atom. The van der Waals surface area contributed by atoms with Gasteiger partial charge in [0, 0.05) is 10.9 Å². The van der Waals surface area contributed by atoms with Crippen LogP contribution in [0, 0.1) is 5.41 Å². The van der Waals surface area contributed by atoms with Crippen LogP contribution in [0.5, 0.6) is 0 Å². The number of aliphatic hydroxyl groups is 1. The Kier molecular flexibility index (Phi) is 6.08. The Hall–Kier alpha value is -1.93. The van der Waals surface area contributed by atoms with Crippen molar-refractivity contribution in [2.45, 2.75) is 39.4 Å². The van der Waals surface area contributed by atoms with Crippen LogP contribution in [0.25, 0.3) is 10.6 Å². The summed E-state index contributed by atoms with van der Waals surface area (Å²) in [5, 5.41) is 14.4. The maximum absolute atomic E-state index is 12.6. The van der Waals surface area contributed by atoms with Crippen LogP contribution in [0.3, 0.4) is 0 Å². The van der Waals surface area contributed by atoms with Gasteiger partial charge in [0.1, 0.15) is 5.01 Å². The molecule has 2 aromatic rings. The Morgan fingerprint density at radius 1 is 1.23 bits per heavy atom. The van der Waals surface area contributed by atoms with E-state index in [1.165, 1.54) is 23.5 Å². The summed E-state index contributed by atoms with van der Waals surface area (Å²) in [6.07, 6.45) is -4.33. The fraction of sp³-hybridized carbons (Fsp3) is 0.444. The maximum atomic E-state index is 12.6. The van der Waals surface area contributed by atoms with Crippen LogP contribution in [0.15, 0.2) is 29.6 Å². The second-order valence-electron chi connectivity index (χ2n) is 7.06. The molecule has 0 saturated carbocycles. The summed E-state index contributed by atoms with van der Waals surface area (Å²) in [7, 11) is 0. The number of thiazole rings is 1. The van der Waals surface area contributed by atoms with E-state index >= 15 is 0 Å². The molecule has 8 heteroatoms. The lowest BCUT2D eigenvalue weighted by atomic mass is 9.87. The van der Waals surface area contributed by atoms with Gasteiger partial charge in [0.15, 0.2) is 0 Å². The van der Waals surface area contributed by atoms with Crippen molar-refractivity contribution in [3.63, 3.8) is 0 Å². The molecule has 142 valence electrons. The zero-order valence-electron chi connectivity index (χ0n) is 14.7. The number of carbonyl (C=O) groups is 1.